The number of hydrogen-bond acceptors (Lipinski definition) is 0. The zero-order valence-corrected chi connectivity index (χ0v) is 9.35. The molecule has 0 N–H and O–H groups in total. The lowest BCUT2D eigenvalue weighted by molar-refractivity contribution is 0.580. The summed E-state index contributed by atoms with van der Waals surface area (Å²) in [5.41, 5.74) is 1.57. The molecule has 0 bridgehead atoms. The minimum absolute atomic E-state index is 0.761. The molecule has 1 atom stereocenters. The van der Waals surface area contributed by atoms with E-state index in [9.17, 15) is 0 Å². The van der Waals surface area contributed by atoms with Gasteiger partial charge in [0.25, 0.3) is 0 Å². The minimum Gasteiger partial charge on any atom is -0.0828 e. The molecular formula is C12H24. The fourth-order valence-corrected chi connectivity index (χ4v) is 1.20. The molecule has 1 unspecified atom stereocenters. The smallest absolute Gasteiger partial charge is 0.0262 e. The lowest BCUT2D eigenvalue weighted by Crippen LogP contribution is -1.91. The summed E-state index contributed by atoms with van der Waals surface area (Å²) in [6, 6.07) is 0. The maximum Gasteiger partial charge on any atom is -0.0262 e. The second-order valence-corrected chi connectivity index (χ2v) is 4.33. The Labute approximate surface area is 78.1 Å². The molecule has 12 heavy (non-hydrogen) atoms. The zero-order valence-electron chi connectivity index (χ0n) is 9.35. The Morgan fingerprint density at radius 3 is 2.25 bits per heavy atom. The van der Waals surface area contributed by atoms with Gasteiger partial charge in [-0.3, -0.25) is 0 Å². The molecule has 0 spiro atoms. The Balaban J connectivity index is 3.69. The highest BCUT2D eigenvalue weighted by molar-refractivity contribution is 5.00. The van der Waals surface area contributed by atoms with Gasteiger partial charge in [0.05, 0.1) is 0 Å². The van der Waals surface area contributed by atoms with E-state index in [2.05, 4.69) is 40.7 Å². The van der Waals surface area contributed by atoms with Gasteiger partial charge < -0.3 is 0 Å². The van der Waals surface area contributed by atoms with Crippen molar-refractivity contribution in [1.29, 1.82) is 0 Å². The number of rotatable bonds is 5. The topological polar surface area (TPSA) is 0 Å². The molecule has 0 aliphatic heterocycles. The molecule has 0 aromatic carbocycles. The van der Waals surface area contributed by atoms with E-state index >= 15 is 0 Å². The summed E-state index contributed by atoms with van der Waals surface area (Å²) in [6.07, 6.45) is 6.29. The third kappa shape index (κ3) is 6.45. The Bertz CT molecular complexity index is 131. The van der Waals surface area contributed by atoms with Crippen molar-refractivity contribution in [3.05, 3.63) is 11.6 Å². The van der Waals surface area contributed by atoms with Crippen molar-refractivity contribution in [2.75, 3.05) is 0 Å². The second kappa shape index (κ2) is 6.28. The highest BCUT2D eigenvalue weighted by atomic mass is 14.0. The van der Waals surface area contributed by atoms with Gasteiger partial charge >= 0.3 is 0 Å². The summed E-state index contributed by atoms with van der Waals surface area (Å²) >= 11 is 0. The van der Waals surface area contributed by atoms with Gasteiger partial charge in [-0.2, -0.15) is 0 Å². The molecule has 72 valence electrons. The minimum atomic E-state index is 0.761. The van der Waals surface area contributed by atoms with Gasteiger partial charge in [-0.25, -0.2) is 0 Å². The summed E-state index contributed by atoms with van der Waals surface area (Å²) < 4.78 is 0. The van der Waals surface area contributed by atoms with Gasteiger partial charge in [0.2, 0.25) is 0 Å². The number of allylic oxidation sites excluding steroid dienone is 2. The van der Waals surface area contributed by atoms with Crippen molar-refractivity contribution in [2.45, 2.75) is 53.9 Å². The third-order valence-electron chi connectivity index (χ3n) is 2.33. The van der Waals surface area contributed by atoms with Crippen molar-refractivity contribution < 1.29 is 0 Å². The van der Waals surface area contributed by atoms with Crippen LogP contribution in [0.15, 0.2) is 11.6 Å². The van der Waals surface area contributed by atoms with Crippen LogP contribution in [0.3, 0.4) is 0 Å². The normalized spacial score (nSPS) is 15.3. The van der Waals surface area contributed by atoms with Gasteiger partial charge in [0.15, 0.2) is 0 Å². The van der Waals surface area contributed by atoms with Crippen LogP contribution < -0.4 is 0 Å². The van der Waals surface area contributed by atoms with E-state index in [0.29, 0.717) is 0 Å². The lowest BCUT2D eigenvalue weighted by atomic mass is 9.99. The zero-order chi connectivity index (χ0) is 9.56. The van der Waals surface area contributed by atoms with Crippen LogP contribution in [0.25, 0.3) is 0 Å². The Kier molecular flexibility index (Phi) is 6.14. The first-order valence-electron chi connectivity index (χ1n) is 5.23. The molecule has 0 aromatic rings. The molecule has 0 nitrogen and oxygen atoms in total. The largest absolute Gasteiger partial charge is 0.0828 e. The predicted octanol–water partition coefficient (Wildman–Crippen LogP) is 4.42. The van der Waals surface area contributed by atoms with Crippen LogP contribution in [0.1, 0.15) is 53.9 Å². The van der Waals surface area contributed by atoms with E-state index in [1.807, 2.05) is 0 Å². The van der Waals surface area contributed by atoms with E-state index in [1.54, 1.807) is 5.57 Å². The van der Waals surface area contributed by atoms with Gasteiger partial charge in [-0.05, 0) is 31.6 Å². The van der Waals surface area contributed by atoms with Crippen LogP contribution in [0.5, 0.6) is 0 Å². The highest BCUT2D eigenvalue weighted by Crippen LogP contribution is 2.14. The highest BCUT2D eigenvalue weighted by Gasteiger charge is 1.97. The maximum atomic E-state index is 2.42. The van der Waals surface area contributed by atoms with Gasteiger partial charge in [0.1, 0.15) is 0 Å². The van der Waals surface area contributed by atoms with Crippen molar-refractivity contribution in [2.24, 2.45) is 11.8 Å². The Hall–Kier alpha value is -0.260. The third-order valence-corrected chi connectivity index (χ3v) is 2.33. The molecule has 0 rings (SSSR count). The summed E-state index contributed by atoms with van der Waals surface area (Å²) in [6.45, 7) is 11.4. The lowest BCUT2D eigenvalue weighted by Gasteiger charge is -2.07. The number of hydrogen-bond donors (Lipinski definition) is 0. The van der Waals surface area contributed by atoms with E-state index in [1.165, 1.54) is 19.3 Å². The van der Waals surface area contributed by atoms with E-state index in [4.69, 9.17) is 0 Å². The maximum absolute atomic E-state index is 2.42. The first kappa shape index (κ1) is 11.7. The average molecular weight is 168 g/mol. The van der Waals surface area contributed by atoms with Gasteiger partial charge in [0, 0.05) is 0 Å². The quantitative estimate of drug-likeness (QED) is 0.533. The van der Waals surface area contributed by atoms with E-state index in [0.717, 1.165) is 11.8 Å². The summed E-state index contributed by atoms with van der Waals surface area (Å²) in [5, 5.41) is 0. The molecule has 0 fully saturated rings. The van der Waals surface area contributed by atoms with Crippen LogP contribution in [-0.4, -0.2) is 0 Å². The Morgan fingerprint density at radius 1 is 1.25 bits per heavy atom. The molecule has 0 heterocycles. The second-order valence-electron chi connectivity index (χ2n) is 4.33. The molecule has 0 radical (unpaired) electrons. The monoisotopic (exact) mass is 168 g/mol. The van der Waals surface area contributed by atoms with Crippen molar-refractivity contribution in [3.63, 3.8) is 0 Å². The van der Waals surface area contributed by atoms with Crippen molar-refractivity contribution in [3.8, 4) is 0 Å². The first-order valence-corrected chi connectivity index (χ1v) is 5.23. The van der Waals surface area contributed by atoms with Gasteiger partial charge in [-0.1, -0.05) is 45.8 Å². The molecule has 0 heteroatoms. The predicted molar refractivity (Wildman–Crippen MR) is 57.3 cm³/mol. The molecule has 0 saturated carbocycles. The molecular weight excluding hydrogens is 144 g/mol. The summed E-state index contributed by atoms with van der Waals surface area (Å²) in [7, 11) is 0. The fraction of sp³-hybridized carbons (Fsp3) is 0.833. The van der Waals surface area contributed by atoms with Crippen molar-refractivity contribution in [1.82, 2.24) is 0 Å². The average Bonchev–Trinajstić information content (AvgIpc) is 2.00. The van der Waals surface area contributed by atoms with Crippen LogP contribution in [0, 0.1) is 11.8 Å². The standard InChI is InChI=1S/C12H24/c1-6-11(4)9-12(5)8-7-10(2)3/h9-11H,6-8H2,1-5H3. The molecule has 0 amide bonds. The first-order chi connectivity index (χ1) is 5.56. The van der Waals surface area contributed by atoms with Crippen LogP contribution >= 0.6 is 0 Å². The van der Waals surface area contributed by atoms with Gasteiger partial charge in [-0.15, -0.1) is 0 Å². The SMILES string of the molecule is CCC(C)C=C(C)CCC(C)C. The van der Waals surface area contributed by atoms with Crippen molar-refractivity contribution >= 4 is 0 Å². The van der Waals surface area contributed by atoms with Crippen LogP contribution in [0.2, 0.25) is 0 Å². The molecule has 0 aliphatic carbocycles. The fourth-order valence-electron chi connectivity index (χ4n) is 1.20. The van der Waals surface area contributed by atoms with Crippen LogP contribution in [0.4, 0.5) is 0 Å². The van der Waals surface area contributed by atoms with E-state index < -0.39 is 0 Å². The van der Waals surface area contributed by atoms with E-state index in [-0.39, 0.29) is 0 Å². The summed E-state index contributed by atoms with van der Waals surface area (Å²) in [5.74, 6) is 1.60. The molecule has 0 aromatic heterocycles. The van der Waals surface area contributed by atoms with Crippen LogP contribution in [-0.2, 0) is 0 Å². The molecule has 0 aliphatic rings. The molecule has 0 saturated heterocycles. The summed E-state index contributed by atoms with van der Waals surface area (Å²) in [4.78, 5) is 0. The Morgan fingerprint density at radius 2 is 1.83 bits per heavy atom.